The number of hydrogen-bond acceptors (Lipinski definition) is 4. The molecule has 0 unspecified atom stereocenters. The lowest BCUT2D eigenvalue weighted by Gasteiger charge is -2.23. The first kappa shape index (κ1) is 23.3. The number of hydrogen-bond donors (Lipinski definition) is 3. The number of alkyl halides is 3. The Kier molecular flexibility index (Phi) is 6.30. The standard InChI is InChI=1S/C25H20F3NO5/c26-25(27,28)15-7-5-6-14(12-15)21(22(30)23(31)32)29-24(33)34-13-20-18-10-3-1-8-16(18)17-9-2-4-11-19(17)20/h1-12,20-22,30H,13H2,(H,29,33)(H,31,32)/t21-,22-/m0/s1. The number of carbonyl (C=O) groups is 2. The quantitative estimate of drug-likeness (QED) is 0.483. The van der Waals surface area contributed by atoms with Crippen LogP contribution in [0.3, 0.4) is 0 Å². The zero-order valence-corrected chi connectivity index (χ0v) is 17.6. The van der Waals surface area contributed by atoms with Crippen LogP contribution in [0.15, 0.2) is 72.8 Å². The number of fused-ring (bicyclic) bond motifs is 3. The Morgan fingerprint density at radius 1 is 0.941 bits per heavy atom. The molecule has 9 heteroatoms. The molecule has 0 heterocycles. The van der Waals surface area contributed by atoms with E-state index in [-0.39, 0.29) is 18.1 Å². The van der Waals surface area contributed by atoms with Crippen LogP contribution in [0.1, 0.15) is 34.2 Å². The molecule has 3 aromatic carbocycles. The Hall–Kier alpha value is -3.85. The average molecular weight is 471 g/mol. The van der Waals surface area contributed by atoms with Crippen LogP contribution in [0.4, 0.5) is 18.0 Å². The molecule has 3 aromatic rings. The summed E-state index contributed by atoms with van der Waals surface area (Å²) in [5, 5.41) is 21.5. The molecule has 6 nitrogen and oxygen atoms in total. The van der Waals surface area contributed by atoms with Crippen molar-refractivity contribution in [3.05, 3.63) is 95.1 Å². The molecule has 1 amide bonds. The van der Waals surface area contributed by atoms with Crippen molar-refractivity contribution in [3.63, 3.8) is 0 Å². The van der Waals surface area contributed by atoms with Gasteiger partial charge in [0.05, 0.1) is 11.6 Å². The minimum absolute atomic E-state index is 0.0850. The number of halogens is 3. The Bertz CT molecular complexity index is 1180. The maximum absolute atomic E-state index is 13.1. The van der Waals surface area contributed by atoms with Crippen molar-refractivity contribution in [2.75, 3.05) is 6.61 Å². The summed E-state index contributed by atoms with van der Waals surface area (Å²) in [5.74, 6) is -1.98. The second-order valence-electron chi connectivity index (χ2n) is 7.85. The summed E-state index contributed by atoms with van der Waals surface area (Å²) in [7, 11) is 0. The monoisotopic (exact) mass is 471 g/mol. The van der Waals surface area contributed by atoms with Crippen molar-refractivity contribution >= 4 is 12.1 Å². The van der Waals surface area contributed by atoms with E-state index in [1.54, 1.807) is 0 Å². The van der Waals surface area contributed by atoms with Crippen molar-refractivity contribution in [2.45, 2.75) is 24.2 Å². The van der Waals surface area contributed by atoms with Gasteiger partial charge in [-0.2, -0.15) is 13.2 Å². The Morgan fingerprint density at radius 3 is 2.09 bits per heavy atom. The summed E-state index contributed by atoms with van der Waals surface area (Å²) in [6.07, 6.45) is -7.94. The van der Waals surface area contributed by atoms with Gasteiger partial charge in [-0.3, -0.25) is 0 Å². The van der Waals surface area contributed by atoms with Crippen molar-refractivity contribution in [2.24, 2.45) is 0 Å². The highest BCUT2D eigenvalue weighted by atomic mass is 19.4. The first-order valence-electron chi connectivity index (χ1n) is 10.4. The van der Waals surface area contributed by atoms with Crippen LogP contribution in [-0.2, 0) is 15.7 Å². The van der Waals surface area contributed by atoms with Gasteiger partial charge in [-0.15, -0.1) is 0 Å². The van der Waals surface area contributed by atoms with Crippen molar-refractivity contribution in [3.8, 4) is 11.1 Å². The van der Waals surface area contributed by atoms with E-state index >= 15 is 0 Å². The maximum Gasteiger partial charge on any atom is 0.416 e. The fourth-order valence-corrected chi connectivity index (χ4v) is 4.16. The smallest absolute Gasteiger partial charge is 0.416 e. The number of carbonyl (C=O) groups excluding carboxylic acids is 1. The number of aliphatic carboxylic acids is 1. The SMILES string of the molecule is O=C(N[C@@H](c1cccc(C(F)(F)F)c1)[C@H](O)C(=O)O)OCC1c2ccccc2-c2ccccc21. The predicted octanol–water partition coefficient (Wildman–Crippen LogP) is 4.73. The second-order valence-corrected chi connectivity index (χ2v) is 7.85. The summed E-state index contributed by atoms with van der Waals surface area (Å²) in [4.78, 5) is 23.9. The Morgan fingerprint density at radius 2 is 1.53 bits per heavy atom. The first-order chi connectivity index (χ1) is 16.2. The zero-order valence-electron chi connectivity index (χ0n) is 17.6. The minimum Gasteiger partial charge on any atom is -0.479 e. The van der Waals surface area contributed by atoms with Gasteiger partial charge in [-0.05, 0) is 39.9 Å². The van der Waals surface area contributed by atoms with Crippen molar-refractivity contribution in [1.82, 2.24) is 5.32 Å². The van der Waals surface area contributed by atoms with E-state index in [4.69, 9.17) is 4.74 Å². The number of amides is 1. The molecule has 0 fully saturated rings. The van der Waals surface area contributed by atoms with E-state index < -0.39 is 35.9 Å². The summed E-state index contributed by atoms with van der Waals surface area (Å²) in [6.45, 7) is -0.0850. The normalized spacial score (nSPS) is 14.6. The number of carboxylic acids is 1. The van der Waals surface area contributed by atoms with Crippen molar-refractivity contribution < 1.29 is 37.7 Å². The molecule has 0 bridgehead atoms. The van der Waals surface area contributed by atoms with Crippen LogP contribution >= 0.6 is 0 Å². The maximum atomic E-state index is 13.1. The van der Waals surface area contributed by atoms with Gasteiger partial charge in [0.1, 0.15) is 6.61 Å². The van der Waals surface area contributed by atoms with Gasteiger partial charge in [0.15, 0.2) is 6.10 Å². The molecule has 0 aromatic heterocycles. The summed E-state index contributed by atoms with van der Waals surface area (Å²) in [5.41, 5.74) is 2.67. The molecule has 0 saturated heterocycles. The zero-order chi connectivity index (χ0) is 24.5. The molecule has 2 atom stereocenters. The lowest BCUT2D eigenvalue weighted by molar-refractivity contribution is -0.148. The third-order valence-electron chi connectivity index (χ3n) is 5.76. The highest BCUT2D eigenvalue weighted by molar-refractivity contribution is 5.79. The number of carboxylic acid groups (broad SMARTS) is 1. The molecule has 0 aliphatic heterocycles. The molecule has 34 heavy (non-hydrogen) atoms. The number of alkyl carbamates (subject to hydrolysis) is 1. The van der Waals surface area contributed by atoms with E-state index in [2.05, 4.69) is 5.32 Å². The Labute approximate surface area is 192 Å². The van der Waals surface area contributed by atoms with Crippen molar-refractivity contribution in [1.29, 1.82) is 0 Å². The van der Waals surface area contributed by atoms with Gasteiger partial charge in [0.25, 0.3) is 0 Å². The van der Waals surface area contributed by atoms with Crippen LogP contribution in [0.5, 0.6) is 0 Å². The summed E-state index contributed by atoms with van der Waals surface area (Å²) in [6, 6.07) is 17.4. The number of rotatable bonds is 6. The minimum atomic E-state index is -4.68. The van der Waals surface area contributed by atoms with Gasteiger partial charge in [-0.1, -0.05) is 60.7 Å². The average Bonchev–Trinajstić information content (AvgIpc) is 3.14. The highest BCUT2D eigenvalue weighted by Gasteiger charge is 2.35. The number of nitrogens with one attached hydrogen (secondary N) is 1. The number of ether oxygens (including phenoxy) is 1. The highest BCUT2D eigenvalue weighted by Crippen LogP contribution is 2.44. The van der Waals surface area contributed by atoms with E-state index in [1.807, 2.05) is 48.5 Å². The molecule has 1 aliphatic carbocycles. The largest absolute Gasteiger partial charge is 0.479 e. The lowest BCUT2D eigenvalue weighted by Crippen LogP contribution is -2.41. The van der Waals surface area contributed by atoms with Gasteiger partial charge >= 0.3 is 18.2 Å². The van der Waals surface area contributed by atoms with E-state index in [1.165, 1.54) is 6.07 Å². The number of benzene rings is 3. The molecule has 176 valence electrons. The van der Waals surface area contributed by atoms with Crippen LogP contribution in [0, 0.1) is 0 Å². The molecule has 0 spiro atoms. The van der Waals surface area contributed by atoms with E-state index in [0.29, 0.717) is 6.07 Å². The molecule has 3 N–H and O–H groups in total. The number of aliphatic hydroxyl groups is 1. The summed E-state index contributed by atoms with van der Waals surface area (Å²) >= 11 is 0. The number of aliphatic hydroxyl groups excluding tert-OH is 1. The third-order valence-corrected chi connectivity index (χ3v) is 5.76. The molecule has 0 saturated carbocycles. The van der Waals surface area contributed by atoms with E-state index in [9.17, 15) is 33.0 Å². The van der Waals surface area contributed by atoms with Crippen LogP contribution in [-0.4, -0.2) is 35.0 Å². The molecular weight excluding hydrogens is 451 g/mol. The second kappa shape index (κ2) is 9.18. The first-order valence-corrected chi connectivity index (χ1v) is 10.4. The van der Waals surface area contributed by atoms with Crippen LogP contribution in [0.25, 0.3) is 11.1 Å². The van der Waals surface area contributed by atoms with Crippen LogP contribution in [0.2, 0.25) is 0 Å². The Balaban J connectivity index is 1.53. The molecule has 0 radical (unpaired) electrons. The molecule has 4 rings (SSSR count). The topological polar surface area (TPSA) is 95.9 Å². The van der Waals surface area contributed by atoms with E-state index in [0.717, 1.165) is 34.4 Å². The lowest BCUT2D eigenvalue weighted by atomic mass is 9.98. The fraction of sp³-hybridized carbons (Fsp3) is 0.200. The molecular formula is C25H20F3NO5. The molecule has 1 aliphatic rings. The fourth-order valence-electron chi connectivity index (χ4n) is 4.16. The van der Waals surface area contributed by atoms with Gasteiger partial charge in [0, 0.05) is 5.92 Å². The van der Waals surface area contributed by atoms with Gasteiger partial charge in [0.2, 0.25) is 0 Å². The van der Waals surface area contributed by atoms with Gasteiger partial charge in [-0.25, -0.2) is 9.59 Å². The van der Waals surface area contributed by atoms with Gasteiger partial charge < -0.3 is 20.3 Å². The van der Waals surface area contributed by atoms with Crippen LogP contribution < -0.4 is 5.32 Å². The predicted molar refractivity (Wildman–Crippen MR) is 116 cm³/mol. The summed E-state index contributed by atoms with van der Waals surface area (Å²) < 4.78 is 44.6. The third kappa shape index (κ3) is 4.60.